The number of carbonyl (C=O) groups excluding carboxylic acids is 3. The Hall–Kier alpha value is -2.12. The number of benzene rings is 1. The number of hydrogen-bond donors (Lipinski definition) is 2. The third kappa shape index (κ3) is 3.46. The first-order valence-electron chi connectivity index (χ1n) is 7.05. The van der Waals surface area contributed by atoms with E-state index in [-0.39, 0.29) is 6.54 Å². The van der Waals surface area contributed by atoms with Gasteiger partial charge in [-0.05, 0) is 13.0 Å². The first-order valence-corrected chi connectivity index (χ1v) is 7.42. The summed E-state index contributed by atoms with van der Waals surface area (Å²) in [7, 11) is 1.51. The summed E-state index contributed by atoms with van der Waals surface area (Å²) in [6, 6.07) is 6.15. The zero-order chi connectivity index (χ0) is 17.0. The maximum absolute atomic E-state index is 12.6. The highest BCUT2D eigenvalue weighted by Gasteiger charge is 2.50. The lowest BCUT2D eigenvalue weighted by atomic mass is 9.92. The number of nitrogens with zero attached hydrogens (tertiary/aromatic N) is 1. The predicted molar refractivity (Wildman–Crippen MR) is 83.9 cm³/mol. The molecule has 1 aliphatic heterocycles. The van der Waals surface area contributed by atoms with Crippen LogP contribution in [0.2, 0.25) is 5.02 Å². The minimum Gasteiger partial charge on any atom is -0.383 e. The van der Waals surface area contributed by atoms with Crippen molar-refractivity contribution in [3.8, 4) is 0 Å². The molecule has 1 unspecified atom stereocenters. The Morgan fingerprint density at radius 2 is 2.09 bits per heavy atom. The first-order chi connectivity index (χ1) is 10.9. The lowest BCUT2D eigenvalue weighted by Gasteiger charge is -2.23. The highest BCUT2D eigenvalue weighted by molar-refractivity contribution is 6.32. The minimum atomic E-state index is -1.29. The summed E-state index contributed by atoms with van der Waals surface area (Å²) in [4.78, 5) is 37.4. The number of imide groups is 1. The van der Waals surface area contributed by atoms with Crippen molar-refractivity contribution in [2.75, 3.05) is 26.8 Å². The van der Waals surface area contributed by atoms with Crippen LogP contribution in [0.1, 0.15) is 12.5 Å². The van der Waals surface area contributed by atoms with Crippen molar-refractivity contribution in [2.45, 2.75) is 12.5 Å². The molecule has 1 heterocycles. The van der Waals surface area contributed by atoms with E-state index in [9.17, 15) is 14.4 Å². The SMILES string of the molecule is COCCNC(=O)CN1C(=O)NC(C)(c2ccccc2Cl)C1=O. The summed E-state index contributed by atoms with van der Waals surface area (Å²) in [5.74, 6) is -0.952. The molecule has 1 atom stereocenters. The number of carbonyl (C=O) groups is 3. The molecule has 7 nitrogen and oxygen atoms in total. The molecule has 8 heteroatoms. The van der Waals surface area contributed by atoms with Gasteiger partial charge in [0.05, 0.1) is 6.61 Å². The molecule has 0 radical (unpaired) electrons. The lowest BCUT2D eigenvalue weighted by molar-refractivity contribution is -0.134. The maximum Gasteiger partial charge on any atom is 0.325 e. The van der Waals surface area contributed by atoms with Crippen molar-refractivity contribution < 1.29 is 19.1 Å². The van der Waals surface area contributed by atoms with Crippen LogP contribution in [0.25, 0.3) is 0 Å². The summed E-state index contributed by atoms with van der Waals surface area (Å²) >= 11 is 6.13. The molecule has 2 N–H and O–H groups in total. The molecule has 23 heavy (non-hydrogen) atoms. The summed E-state index contributed by atoms with van der Waals surface area (Å²) in [5.41, 5.74) is -0.801. The van der Waals surface area contributed by atoms with Crippen molar-refractivity contribution in [2.24, 2.45) is 0 Å². The van der Waals surface area contributed by atoms with Crippen LogP contribution in [0.15, 0.2) is 24.3 Å². The van der Waals surface area contributed by atoms with E-state index in [2.05, 4.69) is 10.6 Å². The molecular weight excluding hydrogens is 322 g/mol. The van der Waals surface area contributed by atoms with Crippen molar-refractivity contribution in [3.05, 3.63) is 34.9 Å². The van der Waals surface area contributed by atoms with E-state index >= 15 is 0 Å². The Balaban J connectivity index is 2.14. The highest BCUT2D eigenvalue weighted by atomic mass is 35.5. The van der Waals surface area contributed by atoms with E-state index in [1.54, 1.807) is 31.2 Å². The van der Waals surface area contributed by atoms with Gasteiger partial charge in [-0.1, -0.05) is 29.8 Å². The number of rotatable bonds is 6. The van der Waals surface area contributed by atoms with Gasteiger partial charge in [0, 0.05) is 24.2 Å². The number of amides is 4. The maximum atomic E-state index is 12.6. The Labute approximate surface area is 138 Å². The Morgan fingerprint density at radius 1 is 1.39 bits per heavy atom. The Bertz CT molecular complexity index is 637. The van der Waals surface area contributed by atoms with Crippen LogP contribution in [0.3, 0.4) is 0 Å². The molecule has 0 bridgehead atoms. The molecule has 2 rings (SSSR count). The second kappa shape index (κ2) is 6.97. The summed E-state index contributed by atoms with van der Waals surface area (Å²) in [6.45, 7) is 1.87. The smallest absolute Gasteiger partial charge is 0.325 e. The van der Waals surface area contributed by atoms with Gasteiger partial charge < -0.3 is 15.4 Å². The van der Waals surface area contributed by atoms with Gasteiger partial charge in [-0.25, -0.2) is 4.79 Å². The van der Waals surface area contributed by atoms with Gasteiger partial charge in [-0.2, -0.15) is 0 Å². The average Bonchev–Trinajstić information content (AvgIpc) is 2.72. The van der Waals surface area contributed by atoms with Crippen molar-refractivity contribution in [1.29, 1.82) is 0 Å². The van der Waals surface area contributed by atoms with Gasteiger partial charge in [0.25, 0.3) is 5.91 Å². The van der Waals surface area contributed by atoms with Crippen LogP contribution >= 0.6 is 11.6 Å². The second-order valence-corrected chi connectivity index (χ2v) is 5.68. The fourth-order valence-corrected chi connectivity index (χ4v) is 2.71. The van der Waals surface area contributed by atoms with Crippen LogP contribution in [-0.2, 0) is 19.9 Å². The van der Waals surface area contributed by atoms with Crippen LogP contribution in [-0.4, -0.2) is 49.6 Å². The second-order valence-electron chi connectivity index (χ2n) is 5.27. The average molecular weight is 340 g/mol. The third-order valence-corrected chi connectivity index (χ3v) is 3.95. The van der Waals surface area contributed by atoms with E-state index in [1.165, 1.54) is 7.11 Å². The van der Waals surface area contributed by atoms with Crippen LogP contribution < -0.4 is 10.6 Å². The highest BCUT2D eigenvalue weighted by Crippen LogP contribution is 2.33. The fraction of sp³-hybridized carbons (Fsp3) is 0.400. The van der Waals surface area contributed by atoms with E-state index < -0.39 is 23.4 Å². The van der Waals surface area contributed by atoms with Crippen LogP contribution in [0.5, 0.6) is 0 Å². The first kappa shape index (κ1) is 17.2. The van der Waals surface area contributed by atoms with Crippen molar-refractivity contribution >= 4 is 29.4 Å². The van der Waals surface area contributed by atoms with Crippen LogP contribution in [0.4, 0.5) is 4.79 Å². The predicted octanol–water partition coefficient (Wildman–Crippen LogP) is 0.870. The Morgan fingerprint density at radius 3 is 2.74 bits per heavy atom. The van der Waals surface area contributed by atoms with Crippen molar-refractivity contribution in [3.63, 3.8) is 0 Å². The molecule has 124 valence electrons. The summed E-state index contributed by atoms with van der Waals surface area (Å²) in [6.07, 6.45) is 0. The molecule has 1 aromatic rings. The zero-order valence-corrected chi connectivity index (χ0v) is 13.6. The monoisotopic (exact) mass is 339 g/mol. The van der Waals surface area contributed by atoms with E-state index in [1.807, 2.05) is 0 Å². The molecular formula is C15H18ClN3O4. The Kier molecular flexibility index (Phi) is 5.23. The number of hydrogen-bond acceptors (Lipinski definition) is 4. The molecule has 4 amide bonds. The van der Waals surface area contributed by atoms with E-state index in [0.29, 0.717) is 23.7 Å². The zero-order valence-electron chi connectivity index (χ0n) is 12.9. The fourth-order valence-electron chi connectivity index (χ4n) is 2.38. The van der Waals surface area contributed by atoms with Gasteiger partial charge in [-0.15, -0.1) is 0 Å². The molecule has 0 aliphatic carbocycles. The molecule has 1 aromatic carbocycles. The molecule has 0 saturated carbocycles. The van der Waals surface area contributed by atoms with Gasteiger partial charge in [0.1, 0.15) is 12.1 Å². The van der Waals surface area contributed by atoms with Gasteiger partial charge in [0.2, 0.25) is 5.91 Å². The summed E-state index contributed by atoms with van der Waals surface area (Å²) in [5, 5.41) is 5.54. The van der Waals surface area contributed by atoms with E-state index in [4.69, 9.17) is 16.3 Å². The number of halogens is 1. The third-order valence-electron chi connectivity index (χ3n) is 3.62. The molecule has 0 spiro atoms. The normalized spacial score (nSPS) is 20.6. The largest absolute Gasteiger partial charge is 0.383 e. The number of urea groups is 1. The molecule has 1 fully saturated rings. The quantitative estimate of drug-likeness (QED) is 0.594. The van der Waals surface area contributed by atoms with Crippen molar-refractivity contribution in [1.82, 2.24) is 15.5 Å². The number of ether oxygens (including phenoxy) is 1. The lowest BCUT2D eigenvalue weighted by Crippen LogP contribution is -2.43. The molecule has 1 aliphatic rings. The molecule has 0 aromatic heterocycles. The van der Waals surface area contributed by atoms with E-state index in [0.717, 1.165) is 4.90 Å². The van der Waals surface area contributed by atoms with Crippen LogP contribution in [0, 0.1) is 0 Å². The topological polar surface area (TPSA) is 87.7 Å². The standard InChI is InChI=1S/C15H18ClN3O4/c1-15(10-5-3-4-6-11(10)16)13(21)19(14(22)18-15)9-12(20)17-7-8-23-2/h3-6H,7-9H2,1-2H3,(H,17,20)(H,18,22). The molecule has 1 saturated heterocycles. The minimum absolute atomic E-state index is 0.306. The number of nitrogens with one attached hydrogen (secondary N) is 2. The number of methoxy groups -OCH3 is 1. The summed E-state index contributed by atoms with van der Waals surface area (Å²) < 4.78 is 4.82. The van der Waals surface area contributed by atoms with Gasteiger partial charge in [0.15, 0.2) is 0 Å². The van der Waals surface area contributed by atoms with Gasteiger partial charge in [-0.3, -0.25) is 14.5 Å². The van der Waals surface area contributed by atoms with Gasteiger partial charge >= 0.3 is 6.03 Å².